The molecule has 0 aromatic heterocycles. The van der Waals surface area contributed by atoms with Gasteiger partial charge in [0.1, 0.15) is 0 Å². The van der Waals surface area contributed by atoms with Gasteiger partial charge in [0.05, 0.1) is 22.1 Å². The molecule has 2 amide bonds. The molecule has 1 N–H and O–H groups in total. The lowest BCUT2D eigenvalue weighted by molar-refractivity contribution is -0.385. The number of aryl methyl sites for hydroxylation is 1. The molecule has 0 bridgehead atoms. The summed E-state index contributed by atoms with van der Waals surface area (Å²) in [4.78, 5) is 35.8. The largest absolute Gasteiger partial charge is 0.417 e. The van der Waals surface area contributed by atoms with E-state index in [4.69, 9.17) is 11.6 Å². The summed E-state index contributed by atoms with van der Waals surface area (Å²) in [6, 6.07) is 6.68. The van der Waals surface area contributed by atoms with E-state index < -0.39 is 40.0 Å². The molecule has 29 heavy (non-hydrogen) atoms. The molecule has 7 nitrogen and oxygen atoms in total. The minimum atomic E-state index is -4.68. The summed E-state index contributed by atoms with van der Waals surface area (Å²) in [5.41, 5.74) is -0.958. The van der Waals surface area contributed by atoms with E-state index in [1.54, 1.807) is 0 Å². The number of alkyl halides is 3. The molecule has 2 aromatic carbocycles. The van der Waals surface area contributed by atoms with Crippen molar-refractivity contribution in [3.05, 3.63) is 68.2 Å². The highest BCUT2D eigenvalue weighted by Gasteiger charge is 2.33. The van der Waals surface area contributed by atoms with Crippen LogP contribution >= 0.6 is 11.6 Å². The lowest BCUT2D eigenvalue weighted by atomic mass is 10.1. The lowest BCUT2D eigenvalue weighted by Gasteiger charge is -2.18. The standard InChI is InChI=1S/C18H15ClF3N3O4/c1-10-7-11(3-6-15(10)25(28)29)17(27)24(2)9-16(26)23-12-4-5-14(19)13(8-12)18(20,21)22/h3-8H,9H2,1-2H3,(H,23,26). The molecule has 0 aliphatic rings. The van der Waals surface area contributed by atoms with Crippen LogP contribution in [-0.4, -0.2) is 35.2 Å². The molecule has 11 heteroatoms. The summed E-state index contributed by atoms with van der Waals surface area (Å²) in [6.45, 7) is 1.03. The number of halogens is 4. The van der Waals surface area contributed by atoms with Gasteiger partial charge < -0.3 is 10.2 Å². The molecule has 2 aromatic rings. The number of nitrogens with one attached hydrogen (secondary N) is 1. The van der Waals surface area contributed by atoms with Crippen LogP contribution in [0.5, 0.6) is 0 Å². The summed E-state index contributed by atoms with van der Waals surface area (Å²) in [7, 11) is 1.32. The topological polar surface area (TPSA) is 92.6 Å². The Morgan fingerprint density at radius 3 is 2.41 bits per heavy atom. The van der Waals surface area contributed by atoms with E-state index in [0.717, 1.165) is 11.0 Å². The van der Waals surface area contributed by atoms with Crippen LogP contribution < -0.4 is 5.32 Å². The first-order valence-electron chi connectivity index (χ1n) is 8.07. The number of amides is 2. The Kier molecular flexibility index (Phi) is 6.48. The maximum atomic E-state index is 12.9. The average Bonchev–Trinajstić information content (AvgIpc) is 2.61. The SMILES string of the molecule is Cc1cc(C(=O)N(C)CC(=O)Nc2ccc(Cl)c(C(F)(F)F)c2)ccc1[N+](=O)[O-]. The second-order valence-corrected chi connectivity index (χ2v) is 6.57. The summed E-state index contributed by atoms with van der Waals surface area (Å²) >= 11 is 5.53. The van der Waals surface area contributed by atoms with Crippen molar-refractivity contribution in [2.45, 2.75) is 13.1 Å². The van der Waals surface area contributed by atoms with Gasteiger partial charge in [0.2, 0.25) is 5.91 Å². The van der Waals surface area contributed by atoms with Crippen LogP contribution in [0.25, 0.3) is 0 Å². The third-order valence-corrected chi connectivity index (χ3v) is 4.25. The lowest BCUT2D eigenvalue weighted by Crippen LogP contribution is -2.35. The highest BCUT2D eigenvalue weighted by Crippen LogP contribution is 2.36. The number of carbonyl (C=O) groups is 2. The van der Waals surface area contributed by atoms with Gasteiger partial charge >= 0.3 is 6.18 Å². The van der Waals surface area contributed by atoms with E-state index >= 15 is 0 Å². The summed E-state index contributed by atoms with van der Waals surface area (Å²) in [5.74, 6) is -1.31. The van der Waals surface area contributed by atoms with E-state index in [-0.39, 0.29) is 22.5 Å². The molecule has 0 heterocycles. The number of hydrogen-bond acceptors (Lipinski definition) is 4. The zero-order valence-corrected chi connectivity index (χ0v) is 16.0. The first-order chi connectivity index (χ1) is 13.4. The second kappa shape index (κ2) is 8.48. The summed E-state index contributed by atoms with van der Waals surface area (Å²) < 4.78 is 38.7. The van der Waals surface area contributed by atoms with Gasteiger partial charge in [0.15, 0.2) is 0 Å². The van der Waals surface area contributed by atoms with E-state index in [1.807, 2.05) is 0 Å². The second-order valence-electron chi connectivity index (χ2n) is 6.16. The van der Waals surface area contributed by atoms with Crippen LogP contribution in [0.2, 0.25) is 5.02 Å². The predicted molar refractivity (Wildman–Crippen MR) is 99.9 cm³/mol. The zero-order chi connectivity index (χ0) is 21.9. The van der Waals surface area contributed by atoms with Crippen molar-refractivity contribution >= 4 is 34.8 Å². The molecule has 0 fully saturated rings. The van der Waals surface area contributed by atoms with Crippen molar-refractivity contribution in [1.29, 1.82) is 0 Å². The molecule has 0 atom stereocenters. The Morgan fingerprint density at radius 1 is 1.21 bits per heavy atom. The molecule has 0 aliphatic carbocycles. The smallest absolute Gasteiger partial charge is 0.332 e. The number of nitro benzene ring substituents is 1. The Hall–Kier alpha value is -3.14. The van der Waals surface area contributed by atoms with E-state index in [0.29, 0.717) is 6.07 Å². The zero-order valence-electron chi connectivity index (χ0n) is 15.2. The van der Waals surface area contributed by atoms with Crippen molar-refractivity contribution in [3.8, 4) is 0 Å². The van der Waals surface area contributed by atoms with Crippen LogP contribution in [0.4, 0.5) is 24.5 Å². The molecule has 0 unspecified atom stereocenters. The van der Waals surface area contributed by atoms with E-state index in [1.165, 1.54) is 38.2 Å². The molecule has 0 radical (unpaired) electrons. The number of nitro groups is 1. The number of benzene rings is 2. The summed E-state index contributed by atoms with van der Waals surface area (Å²) in [6.07, 6.45) is -4.68. The van der Waals surface area contributed by atoms with Gasteiger partial charge in [-0.2, -0.15) is 13.2 Å². The summed E-state index contributed by atoms with van der Waals surface area (Å²) in [5, 5.41) is 12.6. The number of likely N-dealkylation sites (N-methyl/N-ethyl adjacent to an activating group) is 1. The van der Waals surface area contributed by atoms with E-state index in [9.17, 15) is 32.9 Å². The first kappa shape index (κ1) is 22.2. The van der Waals surface area contributed by atoms with Crippen LogP contribution in [0.1, 0.15) is 21.5 Å². The van der Waals surface area contributed by atoms with Crippen molar-refractivity contribution < 1.29 is 27.7 Å². The first-order valence-corrected chi connectivity index (χ1v) is 8.45. The van der Waals surface area contributed by atoms with Crippen molar-refractivity contribution in [2.75, 3.05) is 18.9 Å². The average molecular weight is 430 g/mol. The minimum absolute atomic E-state index is 0.126. The van der Waals surface area contributed by atoms with Crippen LogP contribution in [0, 0.1) is 17.0 Å². The molecule has 0 saturated heterocycles. The van der Waals surface area contributed by atoms with Gasteiger partial charge in [-0.25, -0.2) is 0 Å². The molecule has 0 spiro atoms. The molecular formula is C18H15ClF3N3O4. The van der Waals surface area contributed by atoms with Crippen LogP contribution in [0.3, 0.4) is 0 Å². The van der Waals surface area contributed by atoms with E-state index in [2.05, 4.69) is 5.32 Å². The number of hydrogen-bond donors (Lipinski definition) is 1. The molecule has 154 valence electrons. The van der Waals surface area contributed by atoms with Gasteiger partial charge in [0, 0.05) is 29.9 Å². The number of carbonyl (C=O) groups excluding carboxylic acids is 2. The van der Waals surface area contributed by atoms with Crippen molar-refractivity contribution in [2.24, 2.45) is 0 Å². The quantitative estimate of drug-likeness (QED) is 0.567. The molecule has 0 saturated carbocycles. The van der Waals surface area contributed by atoms with Crippen LogP contribution in [0.15, 0.2) is 36.4 Å². The number of rotatable bonds is 5. The van der Waals surface area contributed by atoms with Gasteiger partial charge in [-0.05, 0) is 37.3 Å². The highest BCUT2D eigenvalue weighted by atomic mass is 35.5. The number of anilines is 1. The third kappa shape index (κ3) is 5.44. The fourth-order valence-electron chi connectivity index (χ4n) is 2.52. The normalized spacial score (nSPS) is 11.1. The molecule has 2 rings (SSSR count). The molecule has 0 aliphatic heterocycles. The molecular weight excluding hydrogens is 415 g/mol. The third-order valence-electron chi connectivity index (χ3n) is 3.92. The Bertz CT molecular complexity index is 979. The van der Waals surface area contributed by atoms with Crippen molar-refractivity contribution in [1.82, 2.24) is 4.90 Å². The van der Waals surface area contributed by atoms with Crippen molar-refractivity contribution in [3.63, 3.8) is 0 Å². The predicted octanol–water partition coefficient (Wildman–Crippen LogP) is 4.29. The Balaban J connectivity index is 2.08. The Morgan fingerprint density at radius 2 is 1.86 bits per heavy atom. The maximum Gasteiger partial charge on any atom is 0.417 e. The van der Waals surface area contributed by atoms with Gasteiger partial charge in [-0.3, -0.25) is 19.7 Å². The van der Waals surface area contributed by atoms with Gasteiger partial charge in [-0.15, -0.1) is 0 Å². The highest BCUT2D eigenvalue weighted by molar-refractivity contribution is 6.31. The minimum Gasteiger partial charge on any atom is -0.332 e. The fourth-order valence-corrected chi connectivity index (χ4v) is 2.75. The number of nitrogens with zero attached hydrogens (tertiary/aromatic N) is 2. The van der Waals surface area contributed by atoms with Crippen LogP contribution in [-0.2, 0) is 11.0 Å². The van der Waals surface area contributed by atoms with Gasteiger partial charge in [-0.1, -0.05) is 11.6 Å². The van der Waals surface area contributed by atoms with Gasteiger partial charge in [0.25, 0.3) is 11.6 Å². The monoisotopic (exact) mass is 429 g/mol. The maximum absolute atomic E-state index is 12.9. The fraction of sp³-hybridized carbons (Fsp3) is 0.222. The Labute approximate surface area is 168 Å².